The van der Waals surface area contributed by atoms with Gasteiger partial charge in [0.2, 0.25) is 0 Å². The molecule has 0 rings (SSSR count). The van der Waals surface area contributed by atoms with E-state index in [4.69, 9.17) is 10.2 Å². The van der Waals surface area contributed by atoms with Gasteiger partial charge in [0.15, 0.2) is 0 Å². The van der Waals surface area contributed by atoms with Crippen molar-refractivity contribution in [1.29, 1.82) is 0 Å². The molecule has 0 aromatic rings. The smallest absolute Gasteiger partial charge is 0.328 e. The van der Waals surface area contributed by atoms with E-state index >= 15 is 0 Å². The van der Waals surface area contributed by atoms with Gasteiger partial charge in [-0.2, -0.15) is 0 Å². The lowest BCUT2D eigenvalue weighted by Crippen LogP contribution is -1.91. The molecule has 9 heavy (non-hydrogen) atoms. The van der Waals surface area contributed by atoms with E-state index in [-0.39, 0.29) is 11.0 Å². The first-order valence-corrected chi connectivity index (χ1v) is 1.77. The highest BCUT2D eigenvalue weighted by Gasteiger charge is 1.88. The Labute approximate surface area is 55.8 Å². The number of hydrogen-bond acceptors (Lipinski definition) is 2. The summed E-state index contributed by atoms with van der Waals surface area (Å²) in [6.07, 6.45) is 1.12. The lowest BCUT2D eigenvalue weighted by molar-refractivity contribution is -0.134. The average Bonchev–Trinajstić information content (AvgIpc) is 1.61. The average molecular weight is 144 g/mol. The van der Waals surface area contributed by atoms with Crippen LogP contribution in [-0.4, -0.2) is 33.1 Å². The largest absolute Gasteiger partial charge is 0.478 e. The number of carboxylic acids is 2. The first-order valence-electron chi connectivity index (χ1n) is 1.77. The second-order valence-corrected chi connectivity index (χ2v) is 1.01. The molecule has 0 aromatic carbocycles. The van der Waals surface area contributed by atoms with Crippen LogP contribution in [0, 0.1) is 0 Å². The van der Waals surface area contributed by atoms with E-state index in [1.54, 1.807) is 0 Å². The van der Waals surface area contributed by atoms with Crippen molar-refractivity contribution in [2.45, 2.75) is 0 Å². The molecular weight excluding hydrogens is 140 g/mol. The van der Waals surface area contributed by atoms with Crippen molar-refractivity contribution in [2.75, 3.05) is 0 Å². The Balaban J connectivity index is 0. The van der Waals surface area contributed by atoms with Gasteiger partial charge in [0, 0.05) is 23.1 Å². The van der Waals surface area contributed by atoms with Crippen LogP contribution in [0.25, 0.3) is 0 Å². The summed E-state index contributed by atoms with van der Waals surface area (Å²) in [5.41, 5.74) is 0. The van der Waals surface area contributed by atoms with Gasteiger partial charge in [-0.1, -0.05) is 0 Å². The van der Waals surface area contributed by atoms with Gasteiger partial charge < -0.3 is 10.2 Å². The summed E-state index contributed by atoms with van der Waals surface area (Å²) in [5.74, 6) is -2.51. The van der Waals surface area contributed by atoms with Crippen molar-refractivity contribution in [3.63, 3.8) is 0 Å². The van der Waals surface area contributed by atoms with Gasteiger partial charge in [0.05, 0.1) is 0 Å². The summed E-state index contributed by atoms with van der Waals surface area (Å²) in [7, 11) is 0. The van der Waals surface area contributed by atoms with Gasteiger partial charge in [-0.05, 0) is 0 Å². The van der Waals surface area contributed by atoms with E-state index < -0.39 is 11.9 Å². The molecular formula is C4H4O4Si. The third kappa shape index (κ3) is 10.9. The highest BCUT2D eigenvalue weighted by molar-refractivity contribution is 5.89. The van der Waals surface area contributed by atoms with E-state index in [1.807, 2.05) is 0 Å². The minimum atomic E-state index is -1.26. The van der Waals surface area contributed by atoms with Crippen molar-refractivity contribution >= 4 is 22.9 Å². The van der Waals surface area contributed by atoms with Crippen LogP contribution < -0.4 is 0 Å². The van der Waals surface area contributed by atoms with Crippen LogP contribution in [0.5, 0.6) is 0 Å². The minimum absolute atomic E-state index is 0. The fourth-order valence-corrected chi connectivity index (χ4v) is 0.143. The summed E-state index contributed by atoms with van der Waals surface area (Å²) in [6, 6.07) is 0. The lowest BCUT2D eigenvalue weighted by Gasteiger charge is -1.74. The topological polar surface area (TPSA) is 74.6 Å². The fraction of sp³-hybridized carbons (Fsp3) is 0. The van der Waals surface area contributed by atoms with Crippen molar-refractivity contribution in [2.24, 2.45) is 0 Å². The van der Waals surface area contributed by atoms with Gasteiger partial charge in [0.1, 0.15) is 0 Å². The monoisotopic (exact) mass is 144 g/mol. The second kappa shape index (κ2) is 5.04. The third-order valence-electron chi connectivity index (χ3n) is 0.368. The third-order valence-corrected chi connectivity index (χ3v) is 0.368. The Morgan fingerprint density at radius 1 is 1.00 bits per heavy atom. The molecule has 0 fully saturated rings. The Bertz CT molecular complexity index is 124. The maximum atomic E-state index is 9.55. The van der Waals surface area contributed by atoms with Gasteiger partial charge >= 0.3 is 11.9 Å². The Morgan fingerprint density at radius 2 is 1.22 bits per heavy atom. The summed E-state index contributed by atoms with van der Waals surface area (Å²) < 4.78 is 0. The molecule has 0 spiro atoms. The molecule has 5 heteroatoms. The Hall–Kier alpha value is -1.10. The minimum Gasteiger partial charge on any atom is -0.478 e. The number of carboxylic acid groups (broad SMARTS) is 2. The van der Waals surface area contributed by atoms with E-state index in [0.29, 0.717) is 12.2 Å². The number of rotatable bonds is 2. The zero-order valence-corrected chi connectivity index (χ0v) is 5.37. The molecule has 4 radical (unpaired) electrons. The molecule has 48 valence electrons. The SMILES string of the molecule is O=C(O)C=CC(=O)O.[Si]. The van der Waals surface area contributed by atoms with Gasteiger partial charge in [-0.15, -0.1) is 0 Å². The van der Waals surface area contributed by atoms with E-state index in [2.05, 4.69) is 0 Å². The van der Waals surface area contributed by atoms with Gasteiger partial charge in [-0.3, -0.25) is 0 Å². The number of hydrogen-bond donors (Lipinski definition) is 2. The maximum Gasteiger partial charge on any atom is 0.328 e. The van der Waals surface area contributed by atoms with Crippen LogP contribution in [0.2, 0.25) is 0 Å². The van der Waals surface area contributed by atoms with Crippen molar-refractivity contribution in [3.05, 3.63) is 12.2 Å². The quantitative estimate of drug-likeness (QED) is 0.398. The summed E-state index contributed by atoms with van der Waals surface area (Å²) in [4.78, 5) is 19.1. The first kappa shape index (κ1) is 10.8. The van der Waals surface area contributed by atoms with Crippen LogP contribution in [0.3, 0.4) is 0 Å². The molecule has 0 aromatic heterocycles. The number of aliphatic carboxylic acids is 2. The molecule has 0 heterocycles. The van der Waals surface area contributed by atoms with Crippen LogP contribution in [0.15, 0.2) is 12.2 Å². The van der Waals surface area contributed by atoms with Crippen LogP contribution in [0.1, 0.15) is 0 Å². The molecule has 2 N–H and O–H groups in total. The molecule has 0 amide bonds. The van der Waals surface area contributed by atoms with Crippen molar-refractivity contribution in [1.82, 2.24) is 0 Å². The lowest BCUT2D eigenvalue weighted by atomic mass is 10.5. The van der Waals surface area contributed by atoms with Crippen molar-refractivity contribution in [3.8, 4) is 0 Å². The van der Waals surface area contributed by atoms with Gasteiger partial charge in [0.25, 0.3) is 0 Å². The molecule has 0 atom stereocenters. The molecule has 0 aliphatic heterocycles. The van der Waals surface area contributed by atoms with Crippen molar-refractivity contribution < 1.29 is 19.8 Å². The summed E-state index contributed by atoms with van der Waals surface area (Å²) >= 11 is 0. The van der Waals surface area contributed by atoms with Crippen LogP contribution >= 0.6 is 0 Å². The van der Waals surface area contributed by atoms with Crippen LogP contribution in [0.4, 0.5) is 0 Å². The predicted molar refractivity (Wildman–Crippen MR) is 30.2 cm³/mol. The molecule has 4 nitrogen and oxygen atoms in total. The molecule has 0 aliphatic carbocycles. The highest BCUT2D eigenvalue weighted by Crippen LogP contribution is 1.70. The molecule has 0 saturated carbocycles. The fourth-order valence-electron chi connectivity index (χ4n) is 0.143. The van der Waals surface area contributed by atoms with E-state index in [9.17, 15) is 9.59 Å². The zero-order valence-electron chi connectivity index (χ0n) is 4.37. The van der Waals surface area contributed by atoms with E-state index in [0.717, 1.165) is 0 Å². The maximum absolute atomic E-state index is 9.55. The predicted octanol–water partition coefficient (Wildman–Crippen LogP) is -0.669. The first-order chi connectivity index (χ1) is 3.63. The second-order valence-electron chi connectivity index (χ2n) is 1.01. The summed E-state index contributed by atoms with van der Waals surface area (Å²) in [5, 5.41) is 15.6. The molecule has 0 unspecified atom stereocenters. The molecule has 0 bridgehead atoms. The normalized spacial score (nSPS) is 8.44. The standard InChI is InChI=1S/C4H4O4.Si/c5-3(6)1-2-4(7)8;/h1-2H,(H,5,6)(H,7,8);. The van der Waals surface area contributed by atoms with Crippen LogP contribution in [-0.2, 0) is 9.59 Å². The highest BCUT2D eigenvalue weighted by atomic mass is 28.1. The number of carbonyl (C=O) groups is 2. The summed E-state index contributed by atoms with van der Waals surface area (Å²) in [6.45, 7) is 0. The zero-order chi connectivity index (χ0) is 6.57. The van der Waals surface area contributed by atoms with E-state index in [1.165, 1.54) is 0 Å². The Morgan fingerprint density at radius 3 is 1.33 bits per heavy atom. The van der Waals surface area contributed by atoms with Gasteiger partial charge in [-0.25, -0.2) is 9.59 Å². The molecule has 0 saturated heterocycles. The molecule has 0 aliphatic rings. The Kier molecular flexibility index (Phi) is 6.05.